The minimum atomic E-state index is -0.308. The second-order valence-electron chi connectivity index (χ2n) is 6.73. The van der Waals surface area contributed by atoms with Gasteiger partial charge in [-0.05, 0) is 43.2 Å². The van der Waals surface area contributed by atoms with E-state index in [4.69, 9.17) is 21.1 Å². The first kappa shape index (κ1) is 21.2. The average molecular weight is 414 g/mol. The third-order valence-corrected chi connectivity index (χ3v) is 4.89. The largest absolute Gasteiger partial charge is 0.490 e. The van der Waals surface area contributed by atoms with Crippen LogP contribution in [-0.4, -0.2) is 6.61 Å². The summed E-state index contributed by atoms with van der Waals surface area (Å²) in [5.74, 6) is 0.675. The Balaban J connectivity index is 1.72. The normalized spacial score (nSPS) is 11.9. The molecule has 0 saturated heterocycles. The van der Waals surface area contributed by atoms with E-state index in [-0.39, 0.29) is 18.5 Å². The number of ether oxygens (including phenoxy) is 2. The van der Waals surface area contributed by atoms with Crippen molar-refractivity contribution in [3.05, 3.63) is 94.3 Å². The number of rotatable bonds is 9. The van der Waals surface area contributed by atoms with E-state index < -0.39 is 0 Å². The first-order chi connectivity index (χ1) is 14.1. The maximum Gasteiger partial charge on any atom is 0.180 e. The van der Waals surface area contributed by atoms with E-state index in [1.807, 2.05) is 37.3 Å². The van der Waals surface area contributed by atoms with Crippen molar-refractivity contribution < 1.29 is 13.9 Å². The number of hydrogen-bond donors (Lipinski definition) is 1. The molecule has 0 spiro atoms. The van der Waals surface area contributed by atoms with Gasteiger partial charge in [0, 0.05) is 18.2 Å². The molecule has 0 fully saturated rings. The van der Waals surface area contributed by atoms with Gasteiger partial charge < -0.3 is 14.8 Å². The zero-order valence-electron chi connectivity index (χ0n) is 16.6. The van der Waals surface area contributed by atoms with Crippen LogP contribution in [0.4, 0.5) is 4.39 Å². The Labute approximate surface area is 176 Å². The first-order valence-corrected chi connectivity index (χ1v) is 10.1. The molecule has 1 atom stereocenters. The number of halogens is 2. The van der Waals surface area contributed by atoms with Crippen LogP contribution in [0.1, 0.15) is 36.6 Å². The molecule has 0 aliphatic carbocycles. The predicted octanol–water partition coefficient (Wildman–Crippen LogP) is 6.31. The van der Waals surface area contributed by atoms with Crippen molar-refractivity contribution >= 4 is 11.6 Å². The van der Waals surface area contributed by atoms with Crippen molar-refractivity contribution in [2.45, 2.75) is 33.0 Å². The third kappa shape index (κ3) is 5.72. The number of benzene rings is 3. The molecule has 3 aromatic carbocycles. The molecule has 29 heavy (non-hydrogen) atoms. The van der Waals surface area contributed by atoms with Gasteiger partial charge in [0.05, 0.1) is 11.6 Å². The highest BCUT2D eigenvalue weighted by atomic mass is 35.5. The van der Waals surface area contributed by atoms with Gasteiger partial charge in [-0.25, -0.2) is 4.39 Å². The summed E-state index contributed by atoms with van der Waals surface area (Å²) >= 11 is 6.48. The molecule has 3 aromatic rings. The Bertz CT molecular complexity index is 933. The molecule has 0 aliphatic rings. The highest BCUT2D eigenvalue weighted by molar-refractivity contribution is 6.32. The van der Waals surface area contributed by atoms with Crippen molar-refractivity contribution in [2.75, 3.05) is 6.61 Å². The lowest BCUT2D eigenvalue weighted by Gasteiger charge is -2.18. The lowest BCUT2D eigenvalue weighted by atomic mass is 10.1. The zero-order valence-corrected chi connectivity index (χ0v) is 17.4. The molecule has 0 bridgehead atoms. The molecule has 0 saturated carbocycles. The van der Waals surface area contributed by atoms with Gasteiger partial charge in [0.2, 0.25) is 0 Å². The molecule has 5 heteroatoms. The van der Waals surface area contributed by atoms with Gasteiger partial charge in [-0.3, -0.25) is 0 Å². The van der Waals surface area contributed by atoms with Crippen LogP contribution in [-0.2, 0) is 13.2 Å². The van der Waals surface area contributed by atoms with Gasteiger partial charge in [-0.15, -0.1) is 0 Å². The van der Waals surface area contributed by atoms with Gasteiger partial charge in [0.25, 0.3) is 0 Å². The van der Waals surface area contributed by atoms with Gasteiger partial charge in [0.1, 0.15) is 12.4 Å². The summed E-state index contributed by atoms with van der Waals surface area (Å²) in [5, 5.41) is 3.93. The molecular formula is C24H25ClFNO2. The highest BCUT2D eigenvalue weighted by Gasteiger charge is 2.14. The fraction of sp³-hybridized carbons (Fsp3) is 0.250. The molecule has 0 unspecified atom stereocenters. The summed E-state index contributed by atoms with van der Waals surface area (Å²) in [7, 11) is 0. The highest BCUT2D eigenvalue weighted by Crippen LogP contribution is 2.37. The van der Waals surface area contributed by atoms with E-state index >= 15 is 0 Å². The molecule has 0 heterocycles. The third-order valence-electron chi connectivity index (χ3n) is 4.61. The monoisotopic (exact) mass is 413 g/mol. The maximum atomic E-state index is 13.9. The van der Waals surface area contributed by atoms with Crippen molar-refractivity contribution in [1.82, 2.24) is 5.32 Å². The second kappa shape index (κ2) is 10.3. The van der Waals surface area contributed by atoms with E-state index in [2.05, 4.69) is 24.4 Å². The molecular weight excluding hydrogens is 389 g/mol. The summed E-state index contributed by atoms with van der Waals surface area (Å²) < 4.78 is 25.4. The van der Waals surface area contributed by atoms with Gasteiger partial charge >= 0.3 is 0 Å². The van der Waals surface area contributed by atoms with Crippen molar-refractivity contribution in [1.29, 1.82) is 0 Å². The Morgan fingerprint density at radius 3 is 2.45 bits per heavy atom. The summed E-state index contributed by atoms with van der Waals surface area (Å²) in [5.41, 5.74) is 2.67. The summed E-state index contributed by atoms with van der Waals surface area (Å²) in [4.78, 5) is 0. The lowest BCUT2D eigenvalue weighted by Crippen LogP contribution is -2.18. The van der Waals surface area contributed by atoms with E-state index in [9.17, 15) is 4.39 Å². The standard InChI is InChI=1S/C24H25ClFNO2/c1-3-28-23-14-18(15-27-17(2)19-9-5-4-6-10-19)13-21(25)24(23)29-16-20-11-7-8-12-22(20)26/h4-14,17,27H,3,15-16H2,1-2H3/t17-/m1/s1. The van der Waals surface area contributed by atoms with Crippen molar-refractivity contribution in [2.24, 2.45) is 0 Å². The van der Waals surface area contributed by atoms with Crippen LogP contribution in [0.5, 0.6) is 11.5 Å². The average Bonchev–Trinajstić information content (AvgIpc) is 2.73. The molecule has 0 amide bonds. The Morgan fingerprint density at radius 2 is 1.72 bits per heavy atom. The zero-order chi connectivity index (χ0) is 20.6. The van der Waals surface area contributed by atoms with Crippen LogP contribution in [0.15, 0.2) is 66.7 Å². The van der Waals surface area contributed by atoms with Crippen molar-refractivity contribution in [3.63, 3.8) is 0 Å². The van der Waals surface area contributed by atoms with Gasteiger partial charge in [-0.1, -0.05) is 60.1 Å². The van der Waals surface area contributed by atoms with Crippen molar-refractivity contribution in [3.8, 4) is 11.5 Å². The summed E-state index contributed by atoms with van der Waals surface area (Å²) in [6.07, 6.45) is 0. The quantitative estimate of drug-likeness (QED) is 0.446. The van der Waals surface area contributed by atoms with Crippen LogP contribution >= 0.6 is 11.6 Å². The number of hydrogen-bond acceptors (Lipinski definition) is 3. The first-order valence-electron chi connectivity index (χ1n) is 9.68. The van der Waals surface area contributed by atoms with E-state index in [1.165, 1.54) is 11.6 Å². The smallest absolute Gasteiger partial charge is 0.180 e. The second-order valence-corrected chi connectivity index (χ2v) is 7.14. The predicted molar refractivity (Wildman–Crippen MR) is 115 cm³/mol. The minimum Gasteiger partial charge on any atom is -0.490 e. The molecule has 0 radical (unpaired) electrons. The van der Waals surface area contributed by atoms with E-state index in [0.29, 0.717) is 35.2 Å². The van der Waals surface area contributed by atoms with E-state index in [1.54, 1.807) is 18.2 Å². The van der Waals surface area contributed by atoms with Crippen LogP contribution in [0.25, 0.3) is 0 Å². The summed E-state index contributed by atoms with van der Waals surface area (Å²) in [6, 6.07) is 20.7. The lowest BCUT2D eigenvalue weighted by molar-refractivity contribution is 0.265. The molecule has 3 rings (SSSR count). The fourth-order valence-corrected chi connectivity index (χ4v) is 3.31. The maximum absolute atomic E-state index is 13.9. The Hall–Kier alpha value is -2.56. The summed E-state index contributed by atoms with van der Waals surface area (Å²) in [6.45, 7) is 5.20. The van der Waals surface area contributed by atoms with Crippen LogP contribution in [0.3, 0.4) is 0 Å². The van der Waals surface area contributed by atoms with Crippen LogP contribution < -0.4 is 14.8 Å². The fourth-order valence-electron chi connectivity index (χ4n) is 3.02. The molecule has 0 aromatic heterocycles. The molecule has 152 valence electrons. The van der Waals surface area contributed by atoms with Gasteiger partial charge in [-0.2, -0.15) is 0 Å². The minimum absolute atomic E-state index is 0.0785. The molecule has 0 aliphatic heterocycles. The van der Waals surface area contributed by atoms with E-state index in [0.717, 1.165) is 5.56 Å². The van der Waals surface area contributed by atoms with Gasteiger partial charge in [0.15, 0.2) is 11.5 Å². The SMILES string of the molecule is CCOc1cc(CN[C@H](C)c2ccccc2)cc(Cl)c1OCc1ccccc1F. The Morgan fingerprint density at radius 1 is 1.00 bits per heavy atom. The molecule has 1 N–H and O–H groups in total. The number of nitrogens with one attached hydrogen (secondary N) is 1. The Kier molecular flexibility index (Phi) is 7.50. The topological polar surface area (TPSA) is 30.5 Å². The van der Waals surface area contributed by atoms with Crippen LogP contribution in [0.2, 0.25) is 5.02 Å². The van der Waals surface area contributed by atoms with Crippen LogP contribution in [0, 0.1) is 5.82 Å². The molecule has 3 nitrogen and oxygen atoms in total.